The topological polar surface area (TPSA) is 67.5 Å². The first-order valence-corrected chi connectivity index (χ1v) is 7.64. The zero-order valence-electron chi connectivity index (χ0n) is 11.7. The summed E-state index contributed by atoms with van der Waals surface area (Å²) in [7, 11) is -0.891. The van der Waals surface area contributed by atoms with Gasteiger partial charge in [-0.1, -0.05) is 42.5 Å². The van der Waals surface area contributed by atoms with Crippen LogP contribution in [0.1, 0.15) is 12.5 Å². The van der Waals surface area contributed by atoms with E-state index in [0.717, 1.165) is 11.1 Å². The normalized spacial score (nSPS) is 12.3. The highest BCUT2D eigenvalue weighted by molar-refractivity contribution is 14.0. The van der Waals surface area contributed by atoms with Crippen LogP contribution >= 0.6 is 24.0 Å². The standard InChI is InChI=1S/C14H21N3OS.HI/c1-12(2)10-17-14(15)16-8-9-19(18)11-13-6-4-3-5-7-13;/h3-7H,1,8-11H2,2H3,(H3,15,16,17);1H. The zero-order chi connectivity index (χ0) is 14.1. The number of nitrogens with zero attached hydrogens (tertiary/aromatic N) is 1. The number of guanidine groups is 1. The Morgan fingerprint density at radius 1 is 1.40 bits per heavy atom. The minimum absolute atomic E-state index is 0. The molecule has 3 N–H and O–H groups in total. The highest BCUT2D eigenvalue weighted by Gasteiger charge is 2.01. The molecule has 0 amide bonds. The summed E-state index contributed by atoms with van der Waals surface area (Å²) in [6.07, 6.45) is 0. The molecule has 1 atom stereocenters. The maximum absolute atomic E-state index is 11.8. The smallest absolute Gasteiger partial charge is 0.188 e. The minimum atomic E-state index is -0.891. The molecule has 0 spiro atoms. The number of aliphatic imine (C=N–C) groups is 1. The predicted molar refractivity (Wildman–Crippen MR) is 97.9 cm³/mol. The third-order valence-corrected chi connectivity index (χ3v) is 3.64. The van der Waals surface area contributed by atoms with Crippen LogP contribution in [0.2, 0.25) is 0 Å². The Morgan fingerprint density at radius 2 is 2.05 bits per heavy atom. The molecule has 4 nitrogen and oxygen atoms in total. The van der Waals surface area contributed by atoms with Gasteiger partial charge in [-0.15, -0.1) is 24.0 Å². The van der Waals surface area contributed by atoms with Crippen LogP contribution in [0.5, 0.6) is 0 Å². The van der Waals surface area contributed by atoms with Crippen molar-refractivity contribution in [3.63, 3.8) is 0 Å². The Balaban J connectivity index is 0.00000361. The van der Waals surface area contributed by atoms with Crippen LogP contribution in [0.4, 0.5) is 0 Å². The van der Waals surface area contributed by atoms with E-state index >= 15 is 0 Å². The van der Waals surface area contributed by atoms with Gasteiger partial charge in [-0.2, -0.15) is 0 Å². The van der Waals surface area contributed by atoms with Crippen molar-refractivity contribution in [2.75, 3.05) is 18.8 Å². The van der Waals surface area contributed by atoms with Crippen LogP contribution < -0.4 is 11.1 Å². The predicted octanol–water partition coefficient (Wildman–Crippen LogP) is 2.03. The molecule has 0 aliphatic carbocycles. The lowest BCUT2D eigenvalue weighted by Gasteiger charge is -2.06. The van der Waals surface area contributed by atoms with Crippen molar-refractivity contribution >= 4 is 40.7 Å². The van der Waals surface area contributed by atoms with Crippen LogP contribution in [0, 0.1) is 0 Å². The molecule has 0 aliphatic heterocycles. The summed E-state index contributed by atoms with van der Waals surface area (Å²) in [5, 5.41) is 2.95. The van der Waals surface area contributed by atoms with Crippen LogP contribution in [0.25, 0.3) is 0 Å². The molecule has 1 aromatic rings. The third-order valence-electron chi connectivity index (χ3n) is 2.33. The van der Waals surface area contributed by atoms with E-state index in [-0.39, 0.29) is 24.0 Å². The molecule has 20 heavy (non-hydrogen) atoms. The summed E-state index contributed by atoms with van der Waals surface area (Å²) in [5.74, 6) is 1.50. The van der Waals surface area contributed by atoms with Crippen molar-refractivity contribution in [3.05, 3.63) is 48.0 Å². The SMILES string of the molecule is C=C(C)CN=C(N)NCCS(=O)Cc1ccccc1.I. The zero-order valence-corrected chi connectivity index (χ0v) is 14.8. The van der Waals surface area contributed by atoms with Crippen LogP contribution in [0.3, 0.4) is 0 Å². The maximum Gasteiger partial charge on any atom is 0.188 e. The molecule has 0 saturated carbocycles. The molecule has 0 heterocycles. The highest BCUT2D eigenvalue weighted by atomic mass is 127. The van der Waals surface area contributed by atoms with E-state index in [2.05, 4.69) is 16.9 Å². The van der Waals surface area contributed by atoms with Crippen molar-refractivity contribution < 1.29 is 4.21 Å². The number of hydrogen-bond donors (Lipinski definition) is 2. The molecule has 6 heteroatoms. The van der Waals surface area contributed by atoms with E-state index in [9.17, 15) is 4.21 Å². The number of nitrogens with one attached hydrogen (secondary N) is 1. The average molecular weight is 407 g/mol. The van der Waals surface area contributed by atoms with Gasteiger partial charge in [0.25, 0.3) is 0 Å². The lowest BCUT2D eigenvalue weighted by Crippen LogP contribution is -2.34. The number of halogens is 1. The van der Waals surface area contributed by atoms with Crippen molar-refractivity contribution in [1.82, 2.24) is 5.32 Å². The number of rotatable bonds is 7. The molecule has 0 aromatic heterocycles. The van der Waals surface area contributed by atoms with Gasteiger partial charge in [-0.25, -0.2) is 4.99 Å². The summed E-state index contributed by atoms with van der Waals surface area (Å²) in [4.78, 5) is 4.09. The van der Waals surface area contributed by atoms with Gasteiger partial charge in [0.05, 0.1) is 6.54 Å². The molecule has 0 fully saturated rings. The van der Waals surface area contributed by atoms with Gasteiger partial charge in [-0.05, 0) is 12.5 Å². The van der Waals surface area contributed by atoms with E-state index in [1.807, 2.05) is 37.3 Å². The van der Waals surface area contributed by atoms with Crippen LogP contribution in [-0.2, 0) is 16.6 Å². The van der Waals surface area contributed by atoms with E-state index in [0.29, 0.717) is 30.6 Å². The van der Waals surface area contributed by atoms with Crippen LogP contribution in [0.15, 0.2) is 47.5 Å². The fourth-order valence-electron chi connectivity index (χ4n) is 1.40. The molecule has 1 aromatic carbocycles. The van der Waals surface area contributed by atoms with Gasteiger partial charge in [0.1, 0.15) is 0 Å². The Morgan fingerprint density at radius 3 is 2.65 bits per heavy atom. The van der Waals surface area contributed by atoms with Gasteiger partial charge < -0.3 is 11.1 Å². The van der Waals surface area contributed by atoms with E-state index in [1.54, 1.807) is 0 Å². The molecule has 0 radical (unpaired) electrons. The Labute approximate surface area is 140 Å². The summed E-state index contributed by atoms with van der Waals surface area (Å²) >= 11 is 0. The Bertz CT molecular complexity index is 463. The average Bonchev–Trinajstić information content (AvgIpc) is 2.37. The second kappa shape index (κ2) is 10.8. The summed E-state index contributed by atoms with van der Waals surface area (Å²) in [6, 6.07) is 9.81. The van der Waals surface area contributed by atoms with Crippen molar-refractivity contribution in [2.24, 2.45) is 10.7 Å². The number of nitrogens with two attached hydrogens (primary N) is 1. The number of hydrogen-bond acceptors (Lipinski definition) is 2. The molecule has 1 unspecified atom stereocenters. The second-order valence-electron chi connectivity index (χ2n) is 4.36. The van der Waals surface area contributed by atoms with Gasteiger partial charge in [0, 0.05) is 28.9 Å². The van der Waals surface area contributed by atoms with E-state index in [1.165, 1.54) is 0 Å². The summed E-state index contributed by atoms with van der Waals surface area (Å²) in [5.41, 5.74) is 7.70. The Kier molecular flexibility index (Phi) is 10.4. The first-order chi connectivity index (χ1) is 9.08. The molecule has 1 rings (SSSR count). The monoisotopic (exact) mass is 407 g/mol. The third kappa shape index (κ3) is 9.08. The van der Waals surface area contributed by atoms with Crippen LogP contribution in [-0.4, -0.2) is 29.0 Å². The fourth-order valence-corrected chi connectivity index (χ4v) is 2.44. The van der Waals surface area contributed by atoms with Gasteiger partial charge in [0.15, 0.2) is 5.96 Å². The van der Waals surface area contributed by atoms with Crippen molar-refractivity contribution in [3.8, 4) is 0 Å². The minimum Gasteiger partial charge on any atom is -0.370 e. The van der Waals surface area contributed by atoms with E-state index in [4.69, 9.17) is 5.73 Å². The highest BCUT2D eigenvalue weighted by Crippen LogP contribution is 2.02. The summed E-state index contributed by atoms with van der Waals surface area (Å²) in [6.45, 7) is 6.72. The molecule has 0 bridgehead atoms. The lowest BCUT2D eigenvalue weighted by molar-refractivity contribution is 0.681. The Hall–Kier alpha value is -0.890. The molecule has 0 saturated heterocycles. The van der Waals surface area contributed by atoms with Gasteiger partial charge in [-0.3, -0.25) is 4.21 Å². The second-order valence-corrected chi connectivity index (χ2v) is 5.94. The molecular weight excluding hydrogens is 385 g/mol. The maximum atomic E-state index is 11.8. The van der Waals surface area contributed by atoms with Gasteiger partial charge in [0.2, 0.25) is 0 Å². The lowest BCUT2D eigenvalue weighted by atomic mass is 10.2. The quantitative estimate of drug-likeness (QED) is 0.315. The largest absolute Gasteiger partial charge is 0.370 e. The fraction of sp³-hybridized carbons (Fsp3) is 0.357. The first kappa shape index (κ1) is 19.1. The molecule has 0 aliphatic rings. The first-order valence-electron chi connectivity index (χ1n) is 6.15. The van der Waals surface area contributed by atoms with Crippen molar-refractivity contribution in [1.29, 1.82) is 0 Å². The van der Waals surface area contributed by atoms with E-state index < -0.39 is 10.8 Å². The molecular formula is C14H22IN3OS. The van der Waals surface area contributed by atoms with Gasteiger partial charge >= 0.3 is 0 Å². The van der Waals surface area contributed by atoms with Crippen molar-refractivity contribution in [2.45, 2.75) is 12.7 Å². The molecule has 112 valence electrons. The summed E-state index contributed by atoms with van der Waals surface area (Å²) < 4.78 is 11.8. The number of benzene rings is 1.